The van der Waals surface area contributed by atoms with Crippen molar-refractivity contribution in [3.8, 4) is 0 Å². The van der Waals surface area contributed by atoms with Crippen molar-refractivity contribution in [3.63, 3.8) is 0 Å². The molecule has 2 rings (SSSR count). The predicted octanol–water partition coefficient (Wildman–Crippen LogP) is 3.69. The van der Waals surface area contributed by atoms with Crippen molar-refractivity contribution >= 4 is 8.07 Å². The highest BCUT2D eigenvalue weighted by atomic mass is 28.3. The zero-order valence-corrected chi connectivity index (χ0v) is 12.7. The molecule has 0 spiro atoms. The molecular formula is C14H28O2Si. The lowest BCUT2D eigenvalue weighted by atomic mass is 9.86. The lowest BCUT2D eigenvalue weighted by Crippen LogP contribution is -2.25. The van der Waals surface area contributed by atoms with E-state index >= 15 is 0 Å². The molecule has 1 saturated heterocycles. The first-order valence-electron chi connectivity index (χ1n) is 7.26. The van der Waals surface area contributed by atoms with Crippen molar-refractivity contribution < 1.29 is 9.47 Å². The number of ether oxygens (including phenoxy) is 2. The molecule has 0 bridgehead atoms. The van der Waals surface area contributed by atoms with E-state index in [2.05, 4.69) is 19.6 Å². The van der Waals surface area contributed by atoms with E-state index in [0.717, 1.165) is 19.1 Å². The average molecular weight is 256 g/mol. The van der Waals surface area contributed by atoms with Crippen LogP contribution >= 0.6 is 0 Å². The zero-order chi connectivity index (χ0) is 12.3. The molecule has 0 aromatic heterocycles. The van der Waals surface area contributed by atoms with Crippen LogP contribution in [0.2, 0.25) is 25.7 Å². The summed E-state index contributed by atoms with van der Waals surface area (Å²) in [6.45, 7) is 9.21. The Bertz CT molecular complexity index is 225. The van der Waals surface area contributed by atoms with E-state index in [9.17, 15) is 0 Å². The van der Waals surface area contributed by atoms with E-state index in [1.807, 2.05) is 0 Å². The fourth-order valence-electron chi connectivity index (χ4n) is 2.63. The fraction of sp³-hybridized carbons (Fsp3) is 1.00. The number of hydrogen-bond donors (Lipinski definition) is 0. The van der Waals surface area contributed by atoms with Crippen LogP contribution in [0.1, 0.15) is 32.1 Å². The topological polar surface area (TPSA) is 21.8 Å². The minimum atomic E-state index is -0.828. The first-order valence-corrected chi connectivity index (χ1v) is 11.0. The van der Waals surface area contributed by atoms with Crippen molar-refractivity contribution in [1.82, 2.24) is 0 Å². The van der Waals surface area contributed by atoms with Crippen LogP contribution in [0.25, 0.3) is 0 Å². The molecule has 0 aromatic carbocycles. The van der Waals surface area contributed by atoms with E-state index in [1.54, 1.807) is 0 Å². The summed E-state index contributed by atoms with van der Waals surface area (Å²) in [6.07, 6.45) is 7.77. The van der Waals surface area contributed by atoms with Gasteiger partial charge in [-0.3, -0.25) is 0 Å². The molecule has 1 aliphatic carbocycles. The van der Waals surface area contributed by atoms with Gasteiger partial charge in [-0.25, -0.2) is 0 Å². The molecule has 17 heavy (non-hydrogen) atoms. The van der Waals surface area contributed by atoms with Crippen LogP contribution in [0.15, 0.2) is 0 Å². The molecule has 0 radical (unpaired) electrons. The van der Waals surface area contributed by atoms with Crippen LogP contribution < -0.4 is 0 Å². The zero-order valence-electron chi connectivity index (χ0n) is 11.7. The summed E-state index contributed by atoms with van der Waals surface area (Å²) in [5.74, 6) is 0.985. The van der Waals surface area contributed by atoms with Crippen LogP contribution in [0.3, 0.4) is 0 Å². The van der Waals surface area contributed by atoms with Crippen LogP contribution in [0.5, 0.6) is 0 Å². The maximum Gasteiger partial charge on any atom is 0.104 e. The minimum absolute atomic E-state index is 0.430. The molecule has 0 N–H and O–H groups in total. The molecule has 1 unspecified atom stereocenters. The standard InChI is InChI=1S/C14H28O2Si/c1-17(2,3)9-8-12-4-6-13(7-5-12)15-10-14-11-16-14/h12-14H,4-11H2,1-3H3. The van der Waals surface area contributed by atoms with Crippen LogP contribution in [0, 0.1) is 5.92 Å². The summed E-state index contributed by atoms with van der Waals surface area (Å²) in [7, 11) is -0.828. The van der Waals surface area contributed by atoms with Crippen LogP contribution in [-0.4, -0.2) is 33.5 Å². The van der Waals surface area contributed by atoms with Gasteiger partial charge in [-0.2, -0.15) is 0 Å². The lowest BCUT2D eigenvalue weighted by Gasteiger charge is -2.30. The maximum absolute atomic E-state index is 5.88. The largest absolute Gasteiger partial charge is 0.375 e. The Morgan fingerprint density at radius 1 is 1.12 bits per heavy atom. The van der Waals surface area contributed by atoms with Crippen molar-refractivity contribution in [2.45, 2.75) is 70.0 Å². The molecule has 2 nitrogen and oxygen atoms in total. The molecule has 0 amide bonds. The number of epoxide rings is 1. The molecule has 100 valence electrons. The highest BCUT2D eigenvalue weighted by molar-refractivity contribution is 6.76. The highest BCUT2D eigenvalue weighted by Crippen LogP contribution is 2.31. The van der Waals surface area contributed by atoms with Gasteiger partial charge in [-0.05, 0) is 31.6 Å². The molecule has 1 heterocycles. The van der Waals surface area contributed by atoms with Gasteiger partial charge >= 0.3 is 0 Å². The Labute approximate surface area is 107 Å². The van der Waals surface area contributed by atoms with Gasteiger partial charge in [-0.1, -0.05) is 32.1 Å². The summed E-state index contributed by atoms with van der Waals surface area (Å²) in [5.41, 5.74) is 0. The second-order valence-corrected chi connectivity index (χ2v) is 12.7. The third-order valence-corrected chi connectivity index (χ3v) is 5.81. The predicted molar refractivity (Wildman–Crippen MR) is 74.2 cm³/mol. The molecule has 3 heteroatoms. The lowest BCUT2D eigenvalue weighted by molar-refractivity contribution is 0.0101. The Hall–Kier alpha value is 0.137. The summed E-state index contributed by atoms with van der Waals surface area (Å²) < 4.78 is 11.1. The summed E-state index contributed by atoms with van der Waals surface area (Å²) >= 11 is 0. The Morgan fingerprint density at radius 3 is 2.29 bits per heavy atom. The van der Waals surface area contributed by atoms with Gasteiger partial charge in [0.25, 0.3) is 0 Å². The summed E-state index contributed by atoms with van der Waals surface area (Å²) in [4.78, 5) is 0. The maximum atomic E-state index is 5.88. The third kappa shape index (κ3) is 5.54. The normalized spacial score (nSPS) is 33.7. The van der Waals surface area contributed by atoms with Crippen LogP contribution in [-0.2, 0) is 9.47 Å². The Kier molecular flexibility index (Phi) is 4.67. The smallest absolute Gasteiger partial charge is 0.104 e. The summed E-state index contributed by atoms with van der Waals surface area (Å²) in [6, 6.07) is 1.50. The first kappa shape index (κ1) is 13.6. The van der Waals surface area contributed by atoms with Crippen molar-refractivity contribution in [1.29, 1.82) is 0 Å². The van der Waals surface area contributed by atoms with Gasteiger partial charge in [-0.15, -0.1) is 0 Å². The third-order valence-electron chi connectivity index (χ3n) is 4.02. The monoisotopic (exact) mass is 256 g/mol. The minimum Gasteiger partial charge on any atom is -0.375 e. The SMILES string of the molecule is C[Si](C)(C)CCC1CCC(OCC2CO2)CC1. The first-order chi connectivity index (χ1) is 8.03. The second kappa shape index (κ2) is 5.85. The highest BCUT2D eigenvalue weighted by Gasteiger charge is 2.27. The quantitative estimate of drug-likeness (QED) is 0.534. The van der Waals surface area contributed by atoms with E-state index < -0.39 is 8.07 Å². The molecule has 1 atom stereocenters. The number of hydrogen-bond acceptors (Lipinski definition) is 2. The van der Waals surface area contributed by atoms with Crippen molar-refractivity contribution in [3.05, 3.63) is 0 Å². The van der Waals surface area contributed by atoms with E-state index in [0.29, 0.717) is 12.2 Å². The van der Waals surface area contributed by atoms with Crippen LogP contribution in [0.4, 0.5) is 0 Å². The van der Waals surface area contributed by atoms with E-state index in [4.69, 9.17) is 9.47 Å². The number of rotatable bonds is 6. The van der Waals surface area contributed by atoms with E-state index in [-0.39, 0.29) is 0 Å². The van der Waals surface area contributed by atoms with Gasteiger partial charge in [0, 0.05) is 8.07 Å². The second-order valence-electron chi connectivity index (χ2n) is 7.03. The van der Waals surface area contributed by atoms with Crippen molar-refractivity contribution in [2.75, 3.05) is 13.2 Å². The molecule has 1 aliphatic heterocycles. The van der Waals surface area contributed by atoms with Gasteiger partial charge in [0.2, 0.25) is 0 Å². The molecule has 2 aliphatic rings. The molecule has 0 aromatic rings. The van der Waals surface area contributed by atoms with Crippen molar-refractivity contribution in [2.24, 2.45) is 5.92 Å². The van der Waals surface area contributed by atoms with Gasteiger partial charge < -0.3 is 9.47 Å². The Morgan fingerprint density at radius 2 is 1.76 bits per heavy atom. The average Bonchev–Trinajstić information content (AvgIpc) is 3.08. The fourth-order valence-corrected chi connectivity index (χ4v) is 3.91. The Balaban J connectivity index is 1.56. The van der Waals surface area contributed by atoms with Gasteiger partial charge in [0.05, 0.1) is 19.3 Å². The van der Waals surface area contributed by atoms with Gasteiger partial charge in [0.15, 0.2) is 0 Å². The van der Waals surface area contributed by atoms with Gasteiger partial charge in [0.1, 0.15) is 6.10 Å². The molecular weight excluding hydrogens is 228 g/mol. The molecule has 1 saturated carbocycles. The van der Waals surface area contributed by atoms with E-state index in [1.165, 1.54) is 38.1 Å². The molecule has 2 fully saturated rings. The summed E-state index contributed by atoms with van der Waals surface area (Å²) in [5, 5.41) is 0.